The molecule has 0 aliphatic rings. The lowest BCUT2D eigenvalue weighted by Gasteiger charge is -2.03. The Morgan fingerprint density at radius 3 is 2.71 bits per heavy atom. The monoisotopic (exact) mass is 390 g/mol. The molecule has 138 valence electrons. The van der Waals surface area contributed by atoms with Crippen molar-refractivity contribution in [3.63, 3.8) is 0 Å². The summed E-state index contributed by atoms with van der Waals surface area (Å²) in [5.74, 6) is 0.311. The van der Waals surface area contributed by atoms with Gasteiger partial charge in [-0.2, -0.15) is 9.97 Å². The summed E-state index contributed by atoms with van der Waals surface area (Å²) in [6.45, 7) is 1.48. The maximum atomic E-state index is 11.2. The minimum atomic E-state index is -0.100. The highest BCUT2D eigenvalue weighted by molar-refractivity contribution is 7.15. The molecule has 5 aromatic rings. The number of rotatable bonds is 4. The predicted molar refractivity (Wildman–Crippen MR) is 108 cm³/mol. The molecule has 0 unspecified atom stereocenters. The molecule has 0 atom stereocenters. The summed E-state index contributed by atoms with van der Waals surface area (Å²) in [6, 6.07) is 15.5. The molecule has 0 radical (unpaired) electrons. The molecular formula is C19H14N6O2S. The Kier molecular flexibility index (Phi) is 3.80. The summed E-state index contributed by atoms with van der Waals surface area (Å²) in [5, 5.41) is 12.3. The van der Waals surface area contributed by atoms with Crippen LogP contribution in [0.3, 0.4) is 0 Å². The topological polar surface area (TPSA) is 97.3 Å². The number of anilines is 3. The van der Waals surface area contributed by atoms with Crippen molar-refractivity contribution in [1.82, 2.24) is 19.6 Å². The quantitative estimate of drug-likeness (QED) is 0.475. The number of carbonyl (C=O) groups is 1. The fraction of sp³-hybridized carbons (Fsp3) is 0.0526. The van der Waals surface area contributed by atoms with Gasteiger partial charge in [0.2, 0.25) is 10.9 Å². The number of hydrogen-bond donors (Lipinski definition) is 2. The fourth-order valence-electron chi connectivity index (χ4n) is 2.88. The van der Waals surface area contributed by atoms with Crippen molar-refractivity contribution in [2.24, 2.45) is 0 Å². The molecule has 28 heavy (non-hydrogen) atoms. The van der Waals surface area contributed by atoms with E-state index in [1.165, 1.54) is 18.3 Å². The molecule has 9 heteroatoms. The summed E-state index contributed by atoms with van der Waals surface area (Å²) in [4.78, 5) is 20.8. The van der Waals surface area contributed by atoms with Gasteiger partial charge in [0.25, 0.3) is 5.95 Å². The van der Waals surface area contributed by atoms with Gasteiger partial charge in [-0.15, -0.1) is 16.4 Å². The number of nitrogens with zero attached hydrogens (tertiary/aromatic N) is 4. The molecule has 0 aliphatic carbocycles. The van der Waals surface area contributed by atoms with E-state index >= 15 is 0 Å². The molecular weight excluding hydrogens is 376 g/mol. The molecule has 8 nitrogen and oxygen atoms in total. The van der Waals surface area contributed by atoms with Gasteiger partial charge < -0.3 is 9.73 Å². The van der Waals surface area contributed by atoms with Gasteiger partial charge in [-0.1, -0.05) is 24.3 Å². The van der Waals surface area contributed by atoms with E-state index in [2.05, 4.69) is 25.7 Å². The Labute approximate surface area is 162 Å². The zero-order chi connectivity index (χ0) is 19.1. The molecule has 0 saturated carbocycles. The number of para-hydroxylation sites is 2. The van der Waals surface area contributed by atoms with Gasteiger partial charge >= 0.3 is 6.01 Å². The van der Waals surface area contributed by atoms with Crippen LogP contribution in [0, 0.1) is 0 Å². The average Bonchev–Trinajstić information content (AvgIpc) is 3.35. The molecule has 0 fully saturated rings. The molecule has 2 N–H and O–H groups in total. The zero-order valence-corrected chi connectivity index (χ0v) is 15.5. The van der Waals surface area contributed by atoms with Crippen molar-refractivity contribution in [3.8, 4) is 11.3 Å². The molecule has 0 saturated heterocycles. The van der Waals surface area contributed by atoms with E-state index in [4.69, 9.17) is 4.42 Å². The minimum Gasteiger partial charge on any atom is -0.423 e. The Bertz CT molecular complexity index is 1270. The number of nitrogens with one attached hydrogen (secondary N) is 2. The van der Waals surface area contributed by atoms with Crippen LogP contribution in [0.25, 0.3) is 27.3 Å². The Balaban J connectivity index is 1.44. The third kappa shape index (κ3) is 2.97. The Morgan fingerprint density at radius 2 is 1.93 bits per heavy atom. The average molecular weight is 390 g/mol. The lowest BCUT2D eigenvalue weighted by Crippen LogP contribution is -2.05. The number of amides is 1. The maximum Gasteiger partial charge on any atom is 0.302 e. The molecule has 2 aromatic carbocycles. The van der Waals surface area contributed by atoms with Gasteiger partial charge in [-0.05, 0) is 24.3 Å². The largest absolute Gasteiger partial charge is 0.423 e. The summed E-state index contributed by atoms with van der Waals surface area (Å²) >= 11 is 1.49. The van der Waals surface area contributed by atoms with Gasteiger partial charge in [0.1, 0.15) is 5.52 Å². The highest BCUT2D eigenvalue weighted by Gasteiger charge is 2.14. The van der Waals surface area contributed by atoms with Gasteiger partial charge in [0.05, 0.1) is 5.69 Å². The smallest absolute Gasteiger partial charge is 0.302 e. The van der Waals surface area contributed by atoms with E-state index in [1.54, 1.807) is 4.52 Å². The van der Waals surface area contributed by atoms with Crippen molar-refractivity contribution in [2.45, 2.75) is 6.92 Å². The van der Waals surface area contributed by atoms with Crippen molar-refractivity contribution < 1.29 is 9.21 Å². The van der Waals surface area contributed by atoms with Gasteiger partial charge in [0.15, 0.2) is 5.58 Å². The van der Waals surface area contributed by atoms with E-state index in [0.29, 0.717) is 17.5 Å². The van der Waals surface area contributed by atoms with Crippen LogP contribution in [0.4, 0.5) is 17.7 Å². The second kappa shape index (κ2) is 6.46. The first kappa shape index (κ1) is 16.5. The fourth-order valence-corrected chi connectivity index (χ4v) is 3.71. The molecule has 0 bridgehead atoms. The zero-order valence-electron chi connectivity index (χ0n) is 14.7. The highest BCUT2D eigenvalue weighted by Crippen LogP contribution is 2.28. The van der Waals surface area contributed by atoms with Crippen LogP contribution in [0.15, 0.2) is 58.3 Å². The number of hydrogen-bond acceptors (Lipinski definition) is 7. The van der Waals surface area contributed by atoms with E-state index in [0.717, 1.165) is 27.4 Å². The molecule has 0 aliphatic heterocycles. The SMILES string of the molecule is CC(=O)Nc1ccc(-c2csc3nc(Nc4nc5ccccc5o4)nn23)cc1. The second-order valence-electron chi connectivity index (χ2n) is 6.12. The minimum absolute atomic E-state index is 0.100. The standard InChI is InChI=1S/C19H14N6O2S/c1-11(26)20-13-8-6-12(7-9-13)15-10-28-19-23-17(24-25(15)19)22-18-21-14-4-2-3-5-16(14)27-18/h2-10H,1H3,(H,20,26)(H,21,22,24). The lowest BCUT2D eigenvalue weighted by atomic mass is 10.1. The van der Waals surface area contributed by atoms with E-state index in [-0.39, 0.29) is 5.91 Å². The normalized spacial score (nSPS) is 11.2. The number of carbonyl (C=O) groups excluding carboxylic acids is 1. The van der Waals surface area contributed by atoms with Crippen LogP contribution in [0.5, 0.6) is 0 Å². The van der Waals surface area contributed by atoms with Crippen LogP contribution in [0.1, 0.15) is 6.92 Å². The van der Waals surface area contributed by atoms with Crippen LogP contribution < -0.4 is 10.6 Å². The lowest BCUT2D eigenvalue weighted by molar-refractivity contribution is -0.114. The van der Waals surface area contributed by atoms with Crippen LogP contribution in [-0.4, -0.2) is 25.5 Å². The summed E-state index contributed by atoms with van der Waals surface area (Å²) < 4.78 is 7.43. The molecule has 3 aromatic heterocycles. The third-order valence-corrected chi connectivity index (χ3v) is 4.91. The highest BCUT2D eigenvalue weighted by atomic mass is 32.1. The Morgan fingerprint density at radius 1 is 1.11 bits per heavy atom. The Hall–Kier alpha value is -3.72. The number of benzene rings is 2. The summed E-state index contributed by atoms with van der Waals surface area (Å²) in [5.41, 5.74) is 4.10. The van der Waals surface area contributed by atoms with Crippen LogP contribution in [0.2, 0.25) is 0 Å². The number of fused-ring (bicyclic) bond motifs is 2. The van der Waals surface area contributed by atoms with Gasteiger partial charge in [-0.3, -0.25) is 10.1 Å². The van der Waals surface area contributed by atoms with Crippen LogP contribution >= 0.6 is 11.3 Å². The van der Waals surface area contributed by atoms with Crippen molar-refractivity contribution in [3.05, 3.63) is 53.9 Å². The van der Waals surface area contributed by atoms with Crippen LogP contribution in [-0.2, 0) is 4.79 Å². The maximum absolute atomic E-state index is 11.2. The van der Waals surface area contributed by atoms with Gasteiger partial charge in [0, 0.05) is 23.6 Å². The number of aromatic nitrogens is 4. The van der Waals surface area contributed by atoms with Gasteiger partial charge in [-0.25, -0.2) is 4.52 Å². The van der Waals surface area contributed by atoms with Crippen molar-refractivity contribution >= 4 is 51.0 Å². The first-order valence-electron chi connectivity index (χ1n) is 8.50. The molecule has 3 heterocycles. The van der Waals surface area contributed by atoms with E-state index in [9.17, 15) is 4.79 Å². The van der Waals surface area contributed by atoms with Crippen molar-refractivity contribution in [1.29, 1.82) is 0 Å². The molecule has 5 rings (SSSR count). The predicted octanol–water partition coefficient (Wildman–Crippen LogP) is 4.30. The molecule has 1 amide bonds. The third-order valence-electron chi connectivity index (χ3n) is 4.10. The number of thiazole rings is 1. The summed E-state index contributed by atoms with van der Waals surface area (Å²) in [6.07, 6.45) is 0. The van der Waals surface area contributed by atoms with Crippen molar-refractivity contribution in [2.75, 3.05) is 10.6 Å². The van der Waals surface area contributed by atoms with E-state index < -0.39 is 0 Å². The first-order valence-corrected chi connectivity index (χ1v) is 9.38. The second-order valence-corrected chi connectivity index (χ2v) is 6.96. The number of oxazole rings is 1. The van der Waals surface area contributed by atoms with E-state index in [1.807, 2.05) is 53.9 Å². The molecule has 0 spiro atoms. The first-order chi connectivity index (χ1) is 13.7. The summed E-state index contributed by atoms with van der Waals surface area (Å²) in [7, 11) is 0.